The van der Waals surface area contributed by atoms with E-state index in [4.69, 9.17) is 20.9 Å². The second-order valence-electron chi connectivity index (χ2n) is 10.4. The topological polar surface area (TPSA) is 46.2 Å². The zero-order chi connectivity index (χ0) is 28.0. The van der Waals surface area contributed by atoms with E-state index >= 15 is 0 Å². The minimum atomic E-state index is -2.90. The maximum absolute atomic E-state index is 7.42. The van der Waals surface area contributed by atoms with E-state index < -0.39 is 43.3 Å². The molecule has 0 aromatic rings. The molecule has 0 aromatic heterocycles. The first-order valence-corrected chi connectivity index (χ1v) is 25.0. The molecule has 2 heterocycles. The molecular formula is C28H50O5Si5. The Labute approximate surface area is 238 Å². The first-order valence-electron chi connectivity index (χ1n) is 14.0. The third kappa shape index (κ3) is 9.32. The van der Waals surface area contributed by atoms with Crippen LogP contribution in [0.5, 0.6) is 0 Å². The average Bonchev–Trinajstić information content (AvgIpc) is 2.85. The highest BCUT2D eigenvalue weighted by atomic mass is 28.5. The molecular weight excluding hydrogens is 557 g/mol. The summed E-state index contributed by atoms with van der Waals surface area (Å²) in [4.78, 5) is 0. The van der Waals surface area contributed by atoms with Crippen molar-refractivity contribution >= 4 is 43.3 Å². The van der Waals surface area contributed by atoms with E-state index in [2.05, 4.69) is 46.1 Å². The predicted octanol–water partition coefficient (Wildman–Crippen LogP) is 8.06. The predicted molar refractivity (Wildman–Crippen MR) is 174 cm³/mol. The number of hydrogen-bond donors (Lipinski definition) is 0. The first-order chi connectivity index (χ1) is 18.3. The molecule has 2 aliphatic rings. The minimum Gasteiger partial charge on any atom is -0.420 e. The van der Waals surface area contributed by atoms with Gasteiger partial charge < -0.3 is 20.9 Å². The molecule has 0 N–H and O–H groups in total. The number of hydrogen-bond acceptors (Lipinski definition) is 5. The summed E-state index contributed by atoms with van der Waals surface area (Å²) >= 11 is 0. The Bertz CT molecular complexity index is 758. The van der Waals surface area contributed by atoms with Crippen LogP contribution in [0.25, 0.3) is 0 Å². The standard InChI is InChI=1S/C28H50O5Si5/c1-8-21-35(22-9-2)30-36(23-10-3,24-11-4)32-38(27-14-7,28-17-20-34-19-16-15-18-29-34)33-37(31-35,25-12-5)26-13-6/h8-14,34H,1-7,15-28H2. The van der Waals surface area contributed by atoms with Crippen molar-refractivity contribution in [3.8, 4) is 0 Å². The van der Waals surface area contributed by atoms with Crippen molar-refractivity contribution in [2.45, 2.75) is 79.7 Å². The van der Waals surface area contributed by atoms with E-state index in [9.17, 15) is 0 Å². The van der Waals surface area contributed by atoms with Gasteiger partial charge in [-0.15, -0.1) is 46.1 Å². The monoisotopic (exact) mass is 606 g/mol. The molecule has 1 atom stereocenters. The van der Waals surface area contributed by atoms with Crippen LogP contribution in [-0.2, 0) is 20.9 Å². The molecule has 212 valence electrons. The smallest absolute Gasteiger partial charge is 0.328 e. The van der Waals surface area contributed by atoms with Crippen LogP contribution in [-0.4, -0.2) is 49.9 Å². The fourth-order valence-corrected chi connectivity index (χ4v) is 31.6. The van der Waals surface area contributed by atoms with Gasteiger partial charge in [-0.3, -0.25) is 0 Å². The molecule has 0 saturated carbocycles. The van der Waals surface area contributed by atoms with E-state index in [1.807, 2.05) is 42.5 Å². The summed E-state index contributed by atoms with van der Waals surface area (Å²) in [6, 6.07) is 7.74. The van der Waals surface area contributed by atoms with Crippen LogP contribution in [0.4, 0.5) is 0 Å². The summed E-state index contributed by atoms with van der Waals surface area (Å²) in [5, 5.41) is 0. The number of rotatable bonds is 18. The molecule has 0 aromatic carbocycles. The Hall–Kier alpha value is -0.936. The van der Waals surface area contributed by atoms with Crippen LogP contribution in [0.15, 0.2) is 88.6 Å². The van der Waals surface area contributed by atoms with Crippen LogP contribution in [0.1, 0.15) is 19.3 Å². The van der Waals surface area contributed by atoms with E-state index in [1.165, 1.54) is 18.9 Å². The van der Waals surface area contributed by atoms with Crippen LogP contribution in [0.3, 0.4) is 0 Å². The van der Waals surface area contributed by atoms with Gasteiger partial charge in [-0.25, -0.2) is 0 Å². The highest BCUT2D eigenvalue weighted by Gasteiger charge is 2.60. The minimum absolute atomic E-state index is 0.623. The van der Waals surface area contributed by atoms with Crippen molar-refractivity contribution in [1.29, 1.82) is 0 Å². The molecule has 2 fully saturated rings. The zero-order valence-corrected chi connectivity index (χ0v) is 28.7. The molecule has 10 heteroatoms. The van der Waals surface area contributed by atoms with Crippen LogP contribution in [0, 0.1) is 0 Å². The van der Waals surface area contributed by atoms with Gasteiger partial charge in [-0.05, 0) is 24.6 Å². The summed E-state index contributed by atoms with van der Waals surface area (Å²) in [6.45, 7) is 29.5. The van der Waals surface area contributed by atoms with Gasteiger partial charge in [-0.1, -0.05) is 55.4 Å². The molecule has 0 spiro atoms. The molecule has 0 amide bonds. The highest BCUT2D eigenvalue weighted by Crippen LogP contribution is 2.43. The van der Waals surface area contributed by atoms with Gasteiger partial charge in [0.25, 0.3) is 0 Å². The first kappa shape index (κ1) is 33.3. The second kappa shape index (κ2) is 16.4. The maximum atomic E-state index is 7.42. The Kier molecular flexibility index (Phi) is 14.3. The third-order valence-electron chi connectivity index (χ3n) is 7.03. The third-order valence-corrected chi connectivity index (χ3v) is 29.2. The average molecular weight is 607 g/mol. The van der Waals surface area contributed by atoms with E-state index in [0.29, 0.717) is 42.3 Å². The van der Waals surface area contributed by atoms with Crippen molar-refractivity contribution in [2.24, 2.45) is 0 Å². The largest absolute Gasteiger partial charge is 0.420 e. The lowest BCUT2D eigenvalue weighted by atomic mass is 10.4. The highest BCUT2D eigenvalue weighted by molar-refractivity contribution is 6.95. The van der Waals surface area contributed by atoms with Gasteiger partial charge in [0.1, 0.15) is 0 Å². The molecule has 2 saturated heterocycles. The van der Waals surface area contributed by atoms with Crippen LogP contribution >= 0.6 is 0 Å². The van der Waals surface area contributed by atoms with Gasteiger partial charge in [-0.2, -0.15) is 0 Å². The van der Waals surface area contributed by atoms with E-state index in [0.717, 1.165) is 25.1 Å². The summed E-state index contributed by atoms with van der Waals surface area (Å²) in [5.41, 5.74) is 0. The Morgan fingerprint density at radius 1 is 0.526 bits per heavy atom. The molecule has 38 heavy (non-hydrogen) atoms. The van der Waals surface area contributed by atoms with Crippen molar-refractivity contribution in [2.75, 3.05) is 6.61 Å². The van der Waals surface area contributed by atoms with Crippen molar-refractivity contribution in [3.63, 3.8) is 0 Å². The van der Waals surface area contributed by atoms with Crippen molar-refractivity contribution in [1.82, 2.24) is 0 Å². The lowest BCUT2D eigenvalue weighted by Crippen LogP contribution is -2.69. The summed E-state index contributed by atoms with van der Waals surface area (Å²) in [5.74, 6) is 0. The molecule has 5 nitrogen and oxygen atoms in total. The Morgan fingerprint density at radius 3 is 1.24 bits per heavy atom. The van der Waals surface area contributed by atoms with Gasteiger partial charge in [0.2, 0.25) is 0 Å². The lowest BCUT2D eigenvalue weighted by Gasteiger charge is -2.53. The zero-order valence-electron chi connectivity index (χ0n) is 23.5. The molecule has 1 unspecified atom stereocenters. The van der Waals surface area contributed by atoms with Gasteiger partial charge in [0.15, 0.2) is 9.04 Å². The van der Waals surface area contributed by atoms with Gasteiger partial charge in [0, 0.05) is 48.9 Å². The van der Waals surface area contributed by atoms with Crippen molar-refractivity contribution < 1.29 is 20.9 Å². The lowest BCUT2D eigenvalue weighted by molar-refractivity contribution is 0.218. The fourth-order valence-electron chi connectivity index (χ4n) is 5.65. The Morgan fingerprint density at radius 2 is 0.895 bits per heavy atom. The molecule has 2 rings (SSSR count). The molecule has 0 aliphatic carbocycles. The molecule has 2 aliphatic heterocycles. The van der Waals surface area contributed by atoms with Crippen LogP contribution in [0.2, 0.25) is 60.4 Å². The SMILES string of the molecule is C=CC[Si]1(CC=C)O[Si](CC=C)(CC=C)O[Si](CC=C)(CCC[SiH]2CCCCO2)O[Si](CC=C)(CC=C)O1. The summed E-state index contributed by atoms with van der Waals surface area (Å²) in [7, 11) is -12.7. The second-order valence-corrected chi connectivity index (χ2v) is 27.0. The summed E-state index contributed by atoms with van der Waals surface area (Å²) < 4.78 is 35.6. The van der Waals surface area contributed by atoms with Crippen molar-refractivity contribution in [3.05, 3.63) is 88.6 Å². The fraction of sp³-hybridized carbons (Fsp3) is 0.500. The normalized spacial score (nSPS) is 23.6. The molecule has 0 radical (unpaired) electrons. The van der Waals surface area contributed by atoms with Crippen LogP contribution < -0.4 is 0 Å². The van der Waals surface area contributed by atoms with Gasteiger partial charge in [0.05, 0.1) is 0 Å². The van der Waals surface area contributed by atoms with E-state index in [1.54, 1.807) is 0 Å². The quantitative estimate of drug-likeness (QED) is 0.117. The molecule has 0 bridgehead atoms. The summed E-state index contributed by atoms with van der Waals surface area (Å²) in [6.07, 6.45) is 17.0. The van der Waals surface area contributed by atoms with Gasteiger partial charge >= 0.3 is 34.2 Å². The maximum Gasteiger partial charge on any atom is 0.328 e. The van der Waals surface area contributed by atoms with E-state index in [-0.39, 0.29) is 0 Å². The number of allylic oxidation sites excluding steroid dienone is 7. The Balaban J connectivity index is 2.62.